The Bertz CT molecular complexity index is 396. The number of amides is 2. The molecule has 0 spiro atoms. The average molecular weight is 254 g/mol. The van der Waals surface area contributed by atoms with Crippen molar-refractivity contribution in [3.05, 3.63) is 30.1 Å². The minimum Gasteiger partial charge on any atom is -0.396 e. The van der Waals surface area contributed by atoms with Crippen molar-refractivity contribution in [3.63, 3.8) is 0 Å². The number of nitrogens with one attached hydrogen (secondary N) is 2. The van der Waals surface area contributed by atoms with Crippen LogP contribution in [0.25, 0.3) is 0 Å². The maximum atomic E-state index is 13.3. The Morgan fingerprint density at radius 2 is 2.06 bits per heavy atom. The van der Waals surface area contributed by atoms with Crippen molar-refractivity contribution in [3.8, 4) is 0 Å². The van der Waals surface area contributed by atoms with Gasteiger partial charge in [0.1, 0.15) is 5.82 Å². The Hall–Kier alpha value is -1.62. The van der Waals surface area contributed by atoms with Crippen LogP contribution in [0.3, 0.4) is 0 Å². The second-order valence-electron chi connectivity index (χ2n) is 4.44. The zero-order valence-electron chi connectivity index (χ0n) is 10.6. The van der Waals surface area contributed by atoms with Crippen molar-refractivity contribution in [2.45, 2.75) is 26.3 Å². The van der Waals surface area contributed by atoms with Crippen LogP contribution in [0.15, 0.2) is 24.3 Å². The van der Waals surface area contributed by atoms with E-state index in [1.807, 2.05) is 13.8 Å². The fraction of sp³-hybridized carbons (Fsp3) is 0.462. The predicted molar refractivity (Wildman–Crippen MR) is 68.9 cm³/mol. The van der Waals surface area contributed by atoms with Gasteiger partial charge in [0.2, 0.25) is 0 Å². The highest BCUT2D eigenvalue weighted by Crippen LogP contribution is 2.12. The first-order valence-electron chi connectivity index (χ1n) is 5.97. The molecular formula is C13H19FN2O2. The standard InChI is InChI=1S/C13H19FN2O2/c1-9(2)11(7-8-17)15-13(18)16-12-6-4-3-5-10(12)14/h3-6,9,11,17H,7-8H2,1-2H3,(H2,15,16,18). The predicted octanol–water partition coefficient (Wildman–Crippen LogP) is 2.35. The van der Waals surface area contributed by atoms with Crippen LogP contribution in [-0.2, 0) is 0 Å². The maximum absolute atomic E-state index is 13.3. The van der Waals surface area contributed by atoms with Crippen LogP contribution in [0.5, 0.6) is 0 Å². The Kier molecular flexibility index (Phi) is 5.58. The molecule has 3 N–H and O–H groups in total. The Balaban J connectivity index is 2.58. The number of para-hydroxylation sites is 1. The summed E-state index contributed by atoms with van der Waals surface area (Å²) in [5.74, 6) is -0.278. The van der Waals surface area contributed by atoms with Crippen molar-refractivity contribution in [1.29, 1.82) is 0 Å². The lowest BCUT2D eigenvalue weighted by Gasteiger charge is -2.21. The van der Waals surface area contributed by atoms with Crippen LogP contribution < -0.4 is 10.6 Å². The molecule has 1 rings (SSSR count). The van der Waals surface area contributed by atoms with E-state index in [1.165, 1.54) is 12.1 Å². The number of aliphatic hydroxyl groups is 1. The second-order valence-corrected chi connectivity index (χ2v) is 4.44. The summed E-state index contributed by atoms with van der Waals surface area (Å²) in [4.78, 5) is 11.7. The van der Waals surface area contributed by atoms with Crippen LogP contribution in [0, 0.1) is 11.7 Å². The number of carbonyl (C=O) groups is 1. The lowest BCUT2D eigenvalue weighted by Crippen LogP contribution is -2.41. The summed E-state index contributed by atoms with van der Waals surface area (Å²) in [5, 5.41) is 14.1. The number of urea groups is 1. The fourth-order valence-corrected chi connectivity index (χ4v) is 1.60. The molecule has 18 heavy (non-hydrogen) atoms. The molecule has 0 aliphatic rings. The van der Waals surface area contributed by atoms with E-state index in [0.29, 0.717) is 6.42 Å². The quantitative estimate of drug-likeness (QED) is 0.755. The highest BCUT2D eigenvalue weighted by atomic mass is 19.1. The van der Waals surface area contributed by atoms with Gasteiger partial charge in [0.05, 0.1) is 5.69 Å². The Labute approximate surface area is 106 Å². The van der Waals surface area contributed by atoms with Crippen molar-refractivity contribution in [2.75, 3.05) is 11.9 Å². The lowest BCUT2D eigenvalue weighted by molar-refractivity contribution is 0.227. The largest absolute Gasteiger partial charge is 0.396 e. The van der Waals surface area contributed by atoms with Gasteiger partial charge in [-0.1, -0.05) is 26.0 Å². The third-order valence-electron chi connectivity index (χ3n) is 2.68. The molecule has 1 atom stereocenters. The summed E-state index contributed by atoms with van der Waals surface area (Å²) in [6, 6.07) is 5.37. The average Bonchev–Trinajstić information content (AvgIpc) is 2.31. The molecule has 0 saturated carbocycles. The molecule has 0 saturated heterocycles. The van der Waals surface area contributed by atoms with Crippen molar-refractivity contribution in [2.24, 2.45) is 5.92 Å². The third-order valence-corrected chi connectivity index (χ3v) is 2.68. The van der Waals surface area contributed by atoms with Crippen LogP contribution in [0.4, 0.5) is 14.9 Å². The SMILES string of the molecule is CC(C)C(CCO)NC(=O)Nc1ccccc1F. The van der Waals surface area contributed by atoms with Gasteiger partial charge in [0.25, 0.3) is 0 Å². The fourth-order valence-electron chi connectivity index (χ4n) is 1.60. The molecule has 1 unspecified atom stereocenters. The Morgan fingerprint density at radius 1 is 1.39 bits per heavy atom. The highest BCUT2D eigenvalue weighted by Gasteiger charge is 2.16. The number of halogens is 1. The summed E-state index contributed by atoms with van der Waals surface area (Å²) in [6.07, 6.45) is 0.475. The minimum atomic E-state index is -0.476. The number of rotatable bonds is 5. The highest BCUT2D eigenvalue weighted by molar-refractivity contribution is 5.89. The minimum absolute atomic E-state index is 0.00280. The summed E-state index contributed by atoms with van der Waals surface area (Å²) in [7, 11) is 0. The summed E-state index contributed by atoms with van der Waals surface area (Å²) < 4.78 is 13.3. The van der Waals surface area contributed by atoms with E-state index >= 15 is 0 Å². The van der Waals surface area contributed by atoms with Gasteiger partial charge in [-0.3, -0.25) is 0 Å². The number of hydrogen-bond donors (Lipinski definition) is 3. The molecule has 4 nitrogen and oxygen atoms in total. The van der Waals surface area contributed by atoms with Gasteiger partial charge in [0.15, 0.2) is 0 Å². The van der Waals surface area contributed by atoms with E-state index < -0.39 is 11.8 Å². The maximum Gasteiger partial charge on any atom is 0.319 e. The molecule has 2 amide bonds. The van der Waals surface area contributed by atoms with Crippen LogP contribution in [-0.4, -0.2) is 23.8 Å². The van der Waals surface area contributed by atoms with E-state index in [0.717, 1.165) is 0 Å². The smallest absolute Gasteiger partial charge is 0.319 e. The molecular weight excluding hydrogens is 235 g/mol. The van der Waals surface area contributed by atoms with Gasteiger partial charge in [-0.25, -0.2) is 9.18 Å². The molecule has 100 valence electrons. The number of benzene rings is 1. The molecule has 0 bridgehead atoms. The van der Waals surface area contributed by atoms with E-state index in [9.17, 15) is 9.18 Å². The molecule has 0 heterocycles. The second kappa shape index (κ2) is 6.96. The number of hydrogen-bond acceptors (Lipinski definition) is 2. The van der Waals surface area contributed by atoms with Gasteiger partial charge in [-0.2, -0.15) is 0 Å². The number of aliphatic hydroxyl groups excluding tert-OH is 1. The first kappa shape index (κ1) is 14.4. The van der Waals surface area contributed by atoms with E-state index in [4.69, 9.17) is 5.11 Å². The summed E-state index contributed by atoms with van der Waals surface area (Å²) in [6.45, 7) is 3.90. The van der Waals surface area contributed by atoms with Crippen LogP contribution >= 0.6 is 0 Å². The van der Waals surface area contributed by atoms with Gasteiger partial charge < -0.3 is 15.7 Å². The number of anilines is 1. The molecule has 0 fully saturated rings. The monoisotopic (exact) mass is 254 g/mol. The molecule has 0 aromatic heterocycles. The van der Waals surface area contributed by atoms with Crippen molar-refractivity contribution in [1.82, 2.24) is 5.32 Å². The molecule has 1 aromatic carbocycles. The normalized spacial score (nSPS) is 12.3. The zero-order chi connectivity index (χ0) is 13.5. The molecule has 0 radical (unpaired) electrons. The molecule has 0 aliphatic carbocycles. The first-order chi connectivity index (χ1) is 8.54. The number of carbonyl (C=O) groups excluding carboxylic acids is 1. The summed E-state index contributed by atoms with van der Waals surface area (Å²) in [5.41, 5.74) is 0.140. The van der Waals surface area contributed by atoms with Gasteiger partial charge in [-0.05, 0) is 24.5 Å². The van der Waals surface area contributed by atoms with Crippen molar-refractivity contribution >= 4 is 11.7 Å². The molecule has 5 heteroatoms. The van der Waals surface area contributed by atoms with E-state index in [1.54, 1.807) is 12.1 Å². The molecule has 0 aliphatic heterocycles. The van der Waals surface area contributed by atoms with Crippen LogP contribution in [0.2, 0.25) is 0 Å². The zero-order valence-corrected chi connectivity index (χ0v) is 10.6. The van der Waals surface area contributed by atoms with E-state index in [2.05, 4.69) is 10.6 Å². The lowest BCUT2D eigenvalue weighted by atomic mass is 10.0. The first-order valence-corrected chi connectivity index (χ1v) is 5.97. The topological polar surface area (TPSA) is 61.4 Å². The summed E-state index contributed by atoms with van der Waals surface area (Å²) >= 11 is 0. The third kappa shape index (κ3) is 4.33. The van der Waals surface area contributed by atoms with E-state index in [-0.39, 0.29) is 24.3 Å². The van der Waals surface area contributed by atoms with Crippen LogP contribution in [0.1, 0.15) is 20.3 Å². The molecule has 1 aromatic rings. The van der Waals surface area contributed by atoms with Gasteiger partial charge >= 0.3 is 6.03 Å². The Morgan fingerprint density at radius 3 is 2.61 bits per heavy atom. The van der Waals surface area contributed by atoms with Crippen molar-refractivity contribution < 1.29 is 14.3 Å². The van der Waals surface area contributed by atoms with Gasteiger partial charge in [0, 0.05) is 12.6 Å². The van der Waals surface area contributed by atoms with Gasteiger partial charge in [-0.15, -0.1) is 0 Å².